The Morgan fingerprint density at radius 1 is 0.952 bits per heavy atom. The molecule has 0 saturated heterocycles. The van der Waals surface area contributed by atoms with Crippen LogP contribution in [0.1, 0.15) is 16.7 Å². The van der Waals surface area contributed by atoms with Gasteiger partial charge in [0.25, 0.3) is 5.95 Å². The van der Waals surface area contributed by atoms with Gasteiger partial charge in [0.15, 0.2) is 5.82 Å². The van der Waals surface area contributed by atoms with E-state index in [1.54, 1.807) is 23.1 Å². The van der Waals surface area contributed by atoms with E-state index in [4.69, 9.17) is 5.73 Å². The molecule has 0 spiro atoms. The molecule has 0 aliphatic carbocycles. The minimum Gasteiger partial charge on any atom is -0.368 e. The van der Waals surface area contributed by atoms with Crippen LogP contribution in [0.2, 0.25) is 0 Å². The summed E-state index contributed by atoms with van der Waals surface area (Å²) in [6.07, 6.45) is 3.44. The molecule has 2 aromatic heterocycles. The first-order valence-electron chi connectivity index (χ1n) is 6.64. The third kappa shape index (κ3) is 2.47. The fourth-order valence-electron chi connectivity index (χ4n) is 2.19. The third-order valence-electron chi connectivity index (χ3n) is 3.43. The van der Waals surface area contributed by atoms with Crippen molar-refractivity contribution in [3.05, 3.63) is 47.3 Å². The smallest absolute Gasteiger partial charge is 0.255 e. The molecule has 0 fully saturated rings. The van der Waals surface area contributed by atoms with E-state index in [0.717, 1.165) is 11.1 Å². The van der Waals surface area contributed by atoms with Crippen LogP contribution in [-0.4, -0.2) is 24.7 Å². The van der Waals surface area contributed by atoms with Crippen molar-refractivity contribution in [2.24, 2.45) is 0 Å². The standard InChI is InChI=1S/C15H16N6/c1-9-7-11(3)12(8-10(9)2)13-18-14(16)20-15(19-13)21-6-4-5-17-21/h4-8H,1-3H3,(H2,16,18,19,20). The second-order valence-electron chi connectivity index (χ2n) is 5.02. The summed E-state index contributed by atoms with van der Waals surface area (Å²) in [4.78, 5) is 12.9. The first-order chi connectivity index (χ1) is 10.0. The van der Waals surface area contributed by atoms with Gasteiger partial charge in [-0.25, -0.2) is 4.68 Å². The molecule has 21 heavy (non-hydrogen) atoms. The molecule has 2 heterocycles. The van der Waals surface area contributed by atoms with Gasteiger partial charge in [-0.1, -0.05) is 6.07 Å². The molecule has 3 aromatic rings. The van der Waals surface area contributed by atoms with Crippen molar-refractivity contribution >= 4 is 5.95 Å². The van der Waals surface area contributed by atoms with Gasteiger partial charge in [-0.05, 0) is 49.6 Å². The number of aromatic nitrogens is 5. The molecular formula is C15H16N6. The third-order valence-corrected chi connectivity index (χ3v) is 3.43. The molecule has 6 heteroatoms. The maximum Gasteiger partial charge on any atom is 0.255 e. The van der Waals surface area contributed by atoms with Crippen LogP contribution in [0, 0.1) is 20.8 Å². The minimum atomic E-state index is 0.183. The quantitative estimate of drug-likeness (QED) is 0.778. The van der Waals surface area contributed by atoms with Gasteiger partial charge < -0.3 is 5.73 Å². The van der Waals surface area contributed by atoms with Crippen molar-refractivity contribution in [1.82, 2.24) is 24.7 Å². The number of benzene rings is 1. The van der Waals surface area contributed by atoms with Crippen LogP contribution in [0.3, 0.4) is 0 Å². The van der Waals surface area contributed by atoms with Crippen molar-refractivity contribution in [2.45, 2.75) is 20.8 Å². The summed E-state index contributed by atoms with van der Waals surface area (Å²) < 4.78 is 1.57. The Kier molecular flexibility index (Phi) is 3.13. The van der Waals surface area contributed by atoms with E-state index in [0.29, 0.717) is 11.8 Å². The molecule has 3 rings (SSSR count). The molecular weight excluding hydrogens is 264 g/mol. The van der Waals surface area contributed by atoms with Crippen LogP contribution in [0.25, 0.3) is 17.3 Å². The first kappa shape index (κ1) is 13.2. The lowest BCUT2D eigenvalue weighted by molar-refractivity contribution is 0.801. The number of nitrogen functional groups attached to an aromatic ring is 1. The molecule has 0 aliphatic rings. The van der Waals surface area contributed by atoms with Gasteiger partial charge in [-0.15, -0.1) is 0 Å². The lowest BCUT2D eigenvalue weighted by atomic mass is 10.0. The maximum absolute atomic E-state index is 5.82. The average Bonchev–Trinajstić information content (AvgIpc) is 2.96. The van der Waals surface area contributed by atoms with E-state index in [1.165, 1.54) is 11.1 Å². The van der Waals surface area contributed by atoms with Crippen LogP contribution in [0.5, 0.6) is 0 Å². The molecule has 0 atom stereocenters. The highest BCUT2D eigenvalue weighted by Gasteiger charge is 2.12. The summed E-state index contributed by atoms with van der Waals surface area (Å²) in [6, 6.07) is 6.01. The largest absolute Gasteiger partial charge is 0.368 e. The van der Waals surface area contributed by atoms with Crippen molar-refractivity contribution in [1.29, 1.82) is 0 Å². The molecule has 106 valence electrons. The van der Waals surface area contributed by atoms with Crippen LogP contribution in [0.15, 0.2) is 30.6 Å². The van der Waals surface area contributed by atoms with Crippen LogP contribution in [0.4, 0.5) is 5.95 Å². The van der Waals surface area contributed by atoms with Gasteiger partial charge in [-0.3, -0.25) is 0 Å². The molecule has 0 bridgehead atoms. The summed E-state index contributed by atoms with van der Waals surface area (Å²) in [5.41, 5.74) is 10.3. The van der Waals surface area contributed by atoms with Gasteiger partial charge in [0, 0.05) is 18.0 Å². The SMILES string of the molecule is Cc1cc(C)c(-c2nc(N)nc(-n3cccn3)n2)cc1C. The molecule has 2 N–H and O–H groups in total. The van der Waals surface area contributed by atoms with Crippen molar-refractivity contribution in [3.8, 4) is 17.3 Å². The van der Waals surface area contributed by atoms with Gasteiger partial charge in [0.1, 0.15) is 0 Å². The van der Waals surface area contributed by atoms with Crippen LogP contribution < -0.4 is 5.73 Å². The number of hydrogen-bond acceptors (Lipinski definition) is 5. The summed E-state index contributed by atoms with van der Waals surface area (Å²) >= 11 is 0. The molecule has 0 amide bonds. The van der Waals surface area contributed by atoms with Crippen LogP contribution >= 0.6 is 0 Å². The predicted octanol–water partition coefficient (Wildman–Crippen LogP) is 2.23. The number of hydrogen-bond donors (Lipinski definition) is 1. The molecule has 0 saturated carbocycles. The van der Waals surface area contributed by atoms with E-state index in [9.17, 15) is 0 Å². The molecule has 1 aromatic carbocycles. The average molecular weight is 280 g/mol. The van der Waals surface area contributed by atoms with E-state index < -0.39 is 0 Å². The fraction of sp³-hybridized carbons (Fsp3) is 0.200. The Bertz CT molecular complexity index is 792. The van der Waals surface area contributed by atoms with Gasteiger partial charge in [0.05, 0.1) is 0 Å². The highest BCUT2D eigenvalue weighted by molar-refractivity contribution is 5.63. The van der Waals surface area contributed by atoms with E-state index in [2.05, 4.69) is 46.0 Å². The molecule has 0 radical (unpaired) electrons. The van der Waals surface area contributed by atoms with E-state index >= 15 is 0 Å². The second-order valence-corrected chi connectivity index (χ2v) is 5.02. The number of aryl methyl sites for hydroxylation is 3. The van der Waals surface area contributed by atoms with Crippen molar-refractivity contribution in [2.75, 3.05) is 5.73 Å². The normalized spacial score (nSPS) is 10.8. The number of nitrogens with two attached hydrogens (primary N) is 1. The Morgan fingerprint density at radius 2 is 1.71 bits per heavy atom. The molecule has 0 aliphatic heterocycles. The van der Waals surface area contributed by atoms with Gasteiger partial charge in [-0.2, -0.15) is 20.1 Å². The predicted molar refractivity (Wildman–Crippen MR) is 81.0 cm³/mol. The number of nitrogens with zero attached hydrogens (tertiary/aromatic N) is 5. The minimum absolute atomic E-state index is 0.183. The van der Waals surface area contributed by atoms with Crippen LogP contribution in [-0.2, 0) is 0 Å². The lowest BCUT2D eigenvalue weighted by Crippen LogP contribution is -2.08. The number of anilines is 1. The van der Waals surface area contributed by atoms with E-state index in [1.807, 2.05) is 6.92 Å². The number of rotatable bonds is 2. The molecule has 0 unspecified atom stereocenters. The maximum atomic E-state index is 5.82. The molecule has 6 nitrogen and oxygen atoms in total. The summed E-state index contributed by atoms with van der Waals surface area (Å²) in [5, 5.41) is 4.12. The zero-order valence-electron chi connectivity index (χ0n) is 12.2. The Balaban J connectivity index is 2.17. The zero-order valence-corrected chi connectivity index (χ0v) is 12.2. The highest BCUT2D eigenvalue weighted by atomic mass is 15.4. The first-order valence-corrected chi connectivity index (χ1v) is 6.64. The Morgan fingerprint density at radius 3 is 2.43 bits per heavy atom. The van der Waals surface area contributed by atoms with Gasteiger partial charge >= 0.3 is 0 Å². The second kappa shape index (κ2) is 4.97. The summed E-state index contributed by atoms with van der Waals surface area (Å²) in [7, 11) is 0. The summed E-state index contributed by atoms with van der Waals surface area (Å²) in [6.45, 7) is 6.19. The fourth-order valence-corrected chi connectivity index (χ4v) is 2.19. The van der Waals surface area contributed by atoms with Gasteiger partial charge in [0.2, 0.25) is 5.95 Å². The Labute approximate surface area is 122 Å². The van der Waals surface area contributed by atoms with Crippen molar-refractivity contribution in [3.63, 3.8) is 0 Å². The monoisotopic (exact) mass is 280 g/mol. The topological polar surface area (TPSA) is 82.5 Å². The highest BCUT2D eigenvalue weighted by Crippen LogP contribution is 2.24. The Hall–Kier alpha value is -2.76. The van der Waals surface area contributed by atoms with E-state index in [-0.39, 0.29) is 5.95 Å². The van der Waals surface area contributed by atoms with Crippen molar-refractivity contribution < 1.29 is 0 Å². The lowest BCUT2D eigenvalue weighted by Gasteiger charge is -2.10. The summed E-state index contributed by atoms with van der Waals surface area (Å²) in [5.74, 6) is 1.16. The zero-order chi connectivity index (χ0) is 15.0.